The minimum absolute atomic E-state index is 0.0483. The van der Waals surface area contributed by atoms with Crippen molar-refractivity contribution in [2.75, 3.05) is 18.0 Å². The van der Waals surface area contributed by atoms with Crippen molar-refractivity contribution in [1.82, 2.24) is 4.98 Å². The Kier molecular flexibility index (Phi) is 3.68. The molecule has 0 amide bonds. The zero-order valence-electron chi connectivity index (χ0n) is 10.0. The number of halogens is 1. The summed E-state index contributed by atoms with van der Waals surface area (Å²) in [5.41, 5.74) is 5.81. The number of rotatable bonds is 3. The van der Waals surface area contributed by atoms with Gasteiger partial charge in [0.2, 0.25) is 5.82 Å². The fourth-order valence-corrected chi connectivity index (χ4v) is 2.36. The molecule has 7 heteroatoms. The average molecular weight is 271 g/mol. The topological polar surface area (TPSA) is 85.3 Å². The lowest BCUT2D eigenvalue weighted by Crippen LogP contribution is -2.30. The Morgan fingerprint density at radius 3 is 3.00 bits per heavy atom. The first-order valence-electron chi connectivity index (χ1n) is 5.79. The summed E-state index contributed by atoms with van der Waals surface area (Å²) in [6, 6.07) is 1.42. The minimum Gasteiger partial charge on any atom is -0.351 e. The molecule has 2 N–H and O–H groups in total. The minimum atomic E-state index is -0.451. The highest BCUT2D eigenvalue weighted by Crippen LogP contribution is 2.32. The quantitative estimate of drug-likeness (QED) is 0.669. The third-order valence-corrected chi connectivity index (χ3v) is 3.49. The van der Waals surface area contributed by atoms with Crippen molar-refractivity contribution in [3.8, 4) is 0 Å². The highest BCUT2D eigenvalue weighted by molar-refractivity contribution is 6.30. The third kappa shape index (κ3) is 2.54. The predicted octanol–water partition coefficient (Wildman–Crippen LogP) is 1.82. The summed E-state index contributed by atoms with van der Waals surface area (Å²) in [5, 5.41) is 11.3. The van der Waals surface area contributed by atoms with Crippen LogP contribution in [0.25, 0.3) is 0 Å². The van der Waals surface area contributed by atoms with Crippen molar-refractivity contribution in [2.45, 2.75) is 19.4 Å². The van der Waals surface area contributed by atoms with E-state index in [9.17, 15) is 10.1 Å². The van der Waals surface area contributed by atoms with Gasteiger partial charge in [0, 0.05) is 31.4 Å². The van der Waals surface area contributed by atoms with E-state index in [1.54, 1.807) is 0 Å². The second kappa shape index (κ2) is 5.07. The van der Waals surface area contributed by atoms with Gasteiger partial charge in [0.25, 0.3) is 0 Å². The number of hydrogen-bond acceptors (Lipinski definition) is 5. The molecule has 0 bridgehead atoms. The molecule has 2 atom stereocenters. The van der Waals surface area contributed by atoms with Crippen molar-refractivity contribution < 1.29 is 4.92 Å². The molecule has 1 aliphatic heterocycles. The van der Waals surface area contributed by atoms with E-state index in [1.807, 2.05) is 11.8 Å². The highest BCUT2D eigenvalue weighted by atomic mass is 35.5. The lowest BCUT2D eigenvalue weighted by Gasteiger charge is -2.18. The molecule has 1 saturated heterocycles. The predicted molar refractivity (Wildman–Crippen MR) is 69.9 cm³/mol. The molecule has 0 aliphatic carbocycles. The molecule has 0 spiro atoms. The normalized spacial score (nSPS) is 21.1. The molecule has 0 radical (unpaired) electrons. The molecular formula is C11H15ClN4O2. The number of nitrogens with zero attached hydrogens (tertiary/aromatic N) is 3. The lowest BCUT2D eigenvalue weighted by molar-refractivity contribution is -0.384. The van der Waals surface area contributed by atoms with E-state index in [1.165, 1.54) is 12.3 Å². The maximum absolute atomic E-state index is 11.0. The van der Waals surface area contributed by atoms with Crippen molar-refractivity contribution in [1.29, 1.82) is 0 Å². The van der Waals surface area contributed by atoms with Gasteiger partial charge in [0.05, 0.1) is 9.95 Å². The zero-order valence-corrected chi connectivity index (χ0v) is 10.8. The molecule has 0 saturated carbocycles. The molecule has 0 aromatic carbocycles. The van der Waals surface area contributed by atoms with E-state index in [0.717, 1.165) is 13.0 Å². The first-order valence-corrected chi connectivity index (χ1v) is 6.17. The smallest absolute Gasteiger partial charge is 0.313 e. The average Bonchev–Trinajstić information content (AvgIpc) is 2.78. The summed E-state index contributed by atoms with van der Waals surface area (Å²) < 4.78 is 0. The SMILES string of the molecule is CC(N)C1CCN(c2ncc(Cl)cc2[N+](=O)[O-])C1. The van der Waals surface area contributed by atoms with Crippen LogP contribution in [-0.2, 0) is 0 Å². The maximum Gasteiger partial charge on any atom is 0.313 e. The molecule has 1 aromatic heterocycles. The lowest BCUT2D eigenvalue weighted by atomic mass is 10.0. The molecule has 6 nitrogen and oxygen atoms in total. The van der Waals surface area contributed by atoms with Crippen LogP contribution in [0.5, 0.6) is 0 Å². The van der Waals surface area contributed by atoms with Crippen molar-refractivity contribution in [3.63, 3.8) is 0 Å². The van der Waals surface area contributed by atoms with Crippen LogP contribution in [-0.4, -0.2) is 29.0 Å². The molecule has 18 heavy (non-hydrogen) atoms. The van der Waals surface area contributed by atoms with Gasteiger partial charge in [-0.05, 0) is 19.3 Å². The summed E-state index contributed by atoms with van der Waals surface area (Å²) in [6.07, 6.45) is 2.36. The molecule has 1 aliphatic rings. The molecule has 2 unspecified atom stereocenters. The van der Waals surface area contributed by atoms with Crippen LogP contribution in [0, 0.1) is 16.0 Å². The Morgan fingerprint density at radius 2 is 2.44 bits per heavy atom. The first kappa shape index (κ1) is 13.0. The van der Waals surface area contributed by atoms with E-state index in [2.05, 4.69) is 4.98 Å². The Morgan fingerprint density at radius 1 is 1.72 bits per heavy atom. The van der Waals surface area contributed by atoms with Gasteiger partial charge in [-0.2, -0.15) is 0 Å². The van der Waals surface area contributed by atoms with Crippen molar-refractivity contribution in [2.24, 2.45) is 11.7 Å². The van der Waals surface area contributed by atoms with Crippen LogP contribution in [0.2, 0.25) is 5.02 Å². The molecule has 1 fully saturated rings. The van der Waals surface area contributed by atoms with Gasteiger partial charge in [0.15, 0.2) is 0 Å². The summed E-state index contributed by atoms with van der Waals surface area (Å²) in [6.45, 7) is 3.40. The Labute approximate surface area is 110 Å². The van der Waals surface area contributed by atoms with Crippen LogP contribution >= 0.6 is 11.6 Å². The number of pyridine rings is 1. The van der Waals surface area contributed by atoms with Gasteiger partial charge in [0.1, 0.15) is 0 Å². The molecule has 1 aromatic rings. The Balaban J connectivity index is 2.27. The number of aromatic nitrogens is 1. The second-order valence-corrected chi connectivity index (χ2v) is 5.04. The monoisotopic (exact) mass is 270 g/mol. The number of nitro groups is 1. The van der Waals surface area contributed by atoms with E-state index >= 15 is 0 Å². The van der Waals surface area contributed by atoms with Gasteiger partial charge in [-0.25, -0.2) is 4.98 Å². The van der Waals surface area contributed by atoms with E-state index in [0.29, 0.717) is 18.3 Å². The molecule has 2 heterocycles. The second-order valence-electron chi connectivity index (χ2n) is 4.61. The maximum atomic E-state index is 11.0. The first-order chi connectivity index (χ1) is 8.49. The van der Waals surface area contributed by atoms with E-state index in [-0.39, 0.29) is 16.8 Å². The van der Waals surface area contributed by atoms with E-state index < -0.39 is 4.92 Å². The van der Waals surface area contributed by atoms with Gasteiger partial charge >= 0.3 is 5.69 Å². The highest BCUT2D eigenvalue weighted by Gasteiger charge is 2.30. The third-order valence-electron chi connectivity index (χ3n) is 3.28. The van der Waals surface area contributed by atoms with Crippen molar-refractivity contribution >= 4 is 23.1 Å². The fourth-order valence-electron chi connectivity index (χ4n) is 2.21. The Hall–Kier alpha value is -1.40. The molecular weight excluding hydrogens is 256 g/mol. The Bertz CT molecular complexity index is 466. The molecule has 2 rings (SSSR count). The largest absolute Gasteiger partial charge is 0.351 e. The van der Waals surface area contributed by atoms with Crippen LogP contribution in [0.4, 0.5) is 11.5 Å². The number of anilines is 1. The number of hydrogen-bond donors (Lipinski definition) is 1. The summed E-state index contributed by atoms with van der Waals surface area (Å²) >= 11 is 5.74. The summed E-state index contributed by atoms with van der Waals surface area (Å²) in [4.78, 5) is 16.5. The van der Waals surface area contributed by atoms with Gasteiger partial charge in [-0.1, -0.05) is 11.6 Å². The van der Waals surface area contributed by atoms with E-state index in [4.69, 9.17) is 17.3 Å². The van der Waals surface area contributed by atoms with Crippen LogP contribution in [0.3, 0.4) is 0 Å². The number of nitrogens with two attached hydrogens (primary N) is 1. The van der Waals surface area contributed by atoms with Crippen molar-refractivity contribution in [3.05, 3.63) is 27.4 Å². The van der Waals surface area contributed by atoms with Gasteiger partial charge in [-0.3, -0.25) is 10.1 Å². The van der Waals surface area contributed by atoms with Crippen LogP contribution in [0.1, 0.15) is 13.3 Å². The summed E-state index contributed by atoms with van der Waals surface area (Å²) in [7, 11) is 0. The van der Waals surface area contributed by atoms with Crippen LogP contribution in [0.15, 0.2) is 12.3 Å². The standard InChI is InChI=1S/C11H15ClN4O2/c1-7(13)8-2-3-15(6-8)11-10(16(17)18)4-9(12)5-14-11/h4-5,7-8H,2-3,6,13H2,1H3. The molecule has 98 valence electrons. The zero-order chi connectivity index (χ0) is 13.3. The van der Waals surface area contributed by atoms with Gasteiger partial charge in [-0.15, -0.1) is 0 Å². The van der Waals surface area contributed by atoms with Crippen LogP contribution < -0.4 is 10.6 Å². The summed E-state index contributed by atoms with van der Waals surface area (Å²) in [5.74, 6) is 0.731. The van der Waals surface area contributed by atoms with Gasteiger partial charge < -0.3 is 10.6 Å². The fraction of sp³-hybridized carbons (Fsp3) is 0.545.